The second-order valence-corrected chi connectivity index (χ2v) is 6.69. The summed E-state index contributed by atoms with van der Waals surface area (Å²) in [5.41, 5.74) is -0.714. The zero-order chi connectivity index (χ0) is 17.7. The zero-order valence-electron chi connectivity index (χ0n) is 14.3. The van der Waals surface area contributed by atoms with Gasteiger partial charge in [0.15, 0.2) is 0 Å². The summed E-state index contributed by atoms with van der Waals surface area (Å²) in [6.07, 6.45) is -0.729. The molecule has 0 saturated heterocycles. The lowest BCUT2D eigenvalue weighted by molar-refractivity contribution is -0.138. The Bertz CT molecular complexity index is 564. The predicted molar refractivity (Wildman–Crippen MR) is 86.8 cm³/mol. The number of hydrogen-bond acceptors (Lipinski definition) is 4. The summed E-state index contributed by atoms with van der Waals surface area (Å²) in [6, 6.07) is 7.19. The molecule has 0 aromatic heterocycles. The van der Waals surface area contributed by atoms with Crippen LogP contribution in [0.1, 0.15) is 39.7 Å². The number of alkyl carbamates (subject to hydrolysis) is 1. The fraction of sp³-hybridized carbons (Fsp3) is 0.529. The number of ether oxygens (including phenoxy) is 2. The van der Waals surface area contributed by atoms with Crippen LogP contribution in [0.4, 0.5) is 4.79 Å². The fourth-order valence-corrected chi connectivity index (χ4v) is 2.31. The van der Waals surface area contributed by atoms with E-state index in [0.29, 0.717) is 5.75 Å². The van der Waals surface area contributed by atoms with Crippen molar-refractivity contribution in [2.45, 2.75) is 45.1 Å². The minimum absolute atomic E-state index is 0.120. The Kier molecular flexibility index (Phi) is 6.01. The van der Waals surface area contributed by atoms with Crippen LogP contribution < -0.4 is 10.1 Å². The Morgan fingerprint density at radius 2 is 1.78 bits per heavy atom. The van der Waals surface area contributed by atoms with E-state index >= 15 is 0 Å². The summed E-state index contributed by atoms with van der Waals surface area (Å²) < 4.78 is 10.5. The molecule has 128 valence electrons. The predicted octanol–water partition coefficient (Wildman–Crippen LogP) is 2.95. The van der Waals surface area contributed by atoms with Crippen LogP contribution in [0.15, 0.2) is 24.3 Å². The standard InChI is InChI=1S/C17H25NO5/c1-16(2,3)23-15(21)18-11-17(4,10-14(19)20)12-8-6-7-9-13(12)22-5/h6-9H,10-11H2,1-5H3,(H,18,21)(H,19,20). The summed E-state index contributed by atoms with van der Waals surface area (Å²) in [5, 5.41) is 11.9. The number of carbonyl (C=O) groups is 2. The first-order valence-corrected chi connectivity index (χ1v) is 7.39. The van der Waals surface area contributed by atoms with Crippen LogP contribution in [0.3, 0.4) is 0 Å². The molecule has 0 fully saturated rings. The molecule has 6 heteroatoms. The largest absolute Gasteiger partial charge is 0.496 e. The maximum Gasteiger partial charge on any atom is 0.407 e. The summed E-state index contributed by atoms with van der Waals surface area (Å²) in [5.74, 6) is -0.369. The SMILES string of the molecule is COc1ccccc1C(C)(CNC(=O)OC(C)(C)C)CC(=O)O. The van der Waals surface area contributed by atoms with Crippen molar-refractivity contribution in [2.24, 2.45) is 0 Å². The van der Waals surface area contributed by atoms with Crippen molar-refractivity contribution in [3.8, 4) is 5.75 Å². The molecule has 2 N–H and O–H groups in total. The average molecular weight is 323 g/mol. The molecule has 1 rings (SSSR count). The van der Waals surface area contributed by atoms with Crippen molar-refractivity contribution in [3.63, 3.8) is 0 Å². The van der Waals surface area contributed by atoms with E-state index in [1.165, 1.54) is 7.11 Å². The summed E-state index contributed by atoms with van der Waals surface area (Å²) >= 11 is 0. The van der Waals surface area contributed by atoms with Crippen LogP contribution in [-0.4, -0.2) is 36.4 Å². The second kappa shape index (κ2) is 7.35. The van der Waals surface area contributed by atoms with Gasteiger partial charge in [-0.25, -0.2) is 4.79 Å². The highest BCUT2D eigenvalue weighted by atomic mass is 16.6. The van der Waals surface area contributed by atoms with Crippen molar-refractivity contribution in [2.75, 3.05) is 13.7 Å². The minimum atomic E-state index is -0.954. The Labute approximate surface area is 136 Å². The molecule has 0 bridgehead atoms. The van der Waals surface area contributed by atoms with Gasteiger partial charge in [0.05, 0.1) is 13.5 Å². The van der Waals surface area contributed by atoms with Crippen molar-refractivity contribution in [1.29, 1.82) is 0 Å². The lowest BCUT2D eigenvalue weighted by Crippen LogP contribution is -2.42. The van der Waals surface area contributed by atoms with Crippen LogP contribution in [0, 0.1) is 0 Å². The molecule has 0 saturated carbocycles. The Balaban J connectivity index is 2.99. The molecule has 0 aliphatic rings. The second-order valence-electron chi connectivity index (χ2n) is 6.69. The first-order valence-electron chi connectivity index (χ1n) is 7.39. The highest BCUT2D eigenvalue weighted by Gasteiger charge is 2.33. The summed E-state index contributed by atoms with van der Waals surface area (Å²) in [4.78, 5) is 23.1. The number of hydrogen-bond donors (Lipinski definition) is 2. The van der Waals surface area contributed by atoms with Crippen LogP contribution in [0.2, 0.25) is 0 Å². The monoisotopic (exact) mass is 323 g/mol. The molecule has 0 radical (unpaired) electrons. The van der Waals surface area contributed by atoms with E-state index in [1.54, 1.807) is 39.8 Å². The van der Waals surface area contributed by atoms with Gasteiger partial charge in [-0.2, -0.15) is 0 Å². The lowest BCUT2D eigenvalue weighted by Gasteiger charge is -2.31. The molecule has 0 aliphatic carbocycles. The molecule has 6 nitrogen and oxygen atoms in total. The number of para-hydroxylation sites is 1. The van der Waals surface area contributed by atoms with Gasteiger partial charge in [0.2, 0.25) is 0 Å². The van der Waals surface area contributed by atoms with Gasteiger partial charge in [0.25, 0.3) is 0 Å². The van der Waals surface area contributed by atoms with Gasteiger partial charge in [0.1, 0.15) is 11.4 Å². The van der Waals surface area contributed by atoms with Crippen LogP contribution in [0.25, 0.3) is 0 Å². The summed E-state index contributed by atoms with van der Waals surface area (Å²) in [7, 11) is 1.53. The number of aliphatic carboxylic acids is 1. The number of carboxylic acids is 1. The maximum absolute atomic E-state index is 11.9. The van der Waals surface area contributed by atoms with Crippen molar-refractivity contribution in [3.05, 3.63) is 29.8 Å². The average Bonchev–Trinajstić information content (AvgIpc) is 2.42. The lowest BCUT2D eigenvalue weighted by atomic mass is 9.79. The number of rotatable bonds is 6. The van der Waals surface area contributed by atoms with Crippen LogP contribution in [-0.2, 0) is 14.9 Å². The number of carbonyl (C=O) groups excluding carboxylic acids is 1. The number of benzene rings is 1. The smallest absolute Gasteiger partial charge is 0.407 e. The molecular weight excluding hydrogens is 298 g/mol. The van der Waals surface area contributed by atoms with Crippen molar-refractivity contribution in [1.82, 2.24) is 5.32 Å². The molecule has 0 aliphatic heterocycles. The van der Waals surface area contributed by atoms with Gasteiger partial charge in [-0.05, 0) is 26.8 Å². The maximum atomic E-state index is 11.9. The first kappa shape index (κ1) is 18.8. The van der Waals surface area contributed by atoms with E-state index in [0.717, 1.165) is 5.56 Å². The summed E-state index contributed by atoms with van der Waals surface area (Å²) in [6.45, 7) is 7.20. The minimum Gasteiger partial charge on any atom is -0.496 e. The Morgan fingerprint density at radius 3 is 2.30 bits per heavy atom. The zero-order valence-corrected chi connectivity index (χ0v) is 14.3. The number of nitrogens with one attached hydrogen (secondary N) is 1. The molecule has 0 heterocycles. The molecule has 23 heavy (non-hydrogen) atoms. The number of carboxylic acid groups (broad SMARTS) is 1. The van der Waals surface area contributed by atoms with Crippen LogP contribution in [0.5, 0.6) is 5.75 Å². The van der Waals surface area contributed by atoms with Gasteiger partial charge in [-0.1, -0.05) is 25.1 Å². The molecular formula is C17H25NO5. The van der Waals surface area contributed by atoms with Crippen molar-refractivity contribution < 1.29 is 24.2 Å². The quantitative estimate of drug-likeness (QED) is 0.841. The molecule has 1 aromatic carbocycles. The molecule has 1 atom stereocenters. The third kappa shape index (κ3) is 5.81. The van der Waals surface area contributed by atoms with E-state index in [1.807, 2.05) is 12.1 Å². The van der Waals surface area contributed by atoms with E-state index in [-0.39, 0.29) is 13.0 Å². The van der Waals surface area contributed by atoms with Gasteiger partial charge in [0, 0.05) is 17.5 Å². The molecule has 1 amide bonds. The van der Waals surface area contributed by atoms with Gasteiger partial charge in [-0.3, -0.25) is 4.79 Å². The molecule has 1 aromatic rings. The van der Waals surface area contributed by atoms with E-state index in [4.69, 9.17) is 9.47 Å². The first-order chi connectivity index (χ1) is 10.6. The Hall–Kier alpha value is -2.24. The Morgan fingerprint density at radius 1 is 1.17 bits per heavy atom. The topological polar surface area (TPSA) is 84.9 Å². The third-order valence-corrected chi connectivity index (χ3v) is 3.32. The normalized spacial score (nSPS) is 13.8. The van der Waals surface area contributed by atoms with E-state index in [2.05, 4.69) is 5.32 Å². The van der Waals surface area contributed by atoms with Gasteiger partial charge >= 0.3 is 12.1 Å². The van der Waals surface area contributed by atoms with E-state index in [9.17, 15) is 14.7 Å². The third-order valence-electron chi connectivity index (χ3n) is 3.32. The molecule has 1 unspecified atom stereocenters. The molecule has 0 spiro atoms. The van der Waals surface area contributed by atoms with Crippen LogP contribution >= 0.6 is 0 Å². The highest BCUT2D eigenvalue weighted by molar-refractivity contribution is 5.71. The van der Waals surface area contributed by atoms with Gasteiger partial charge < -0.3 is 19.9 Å². The number of methoxy groups -OCH3 is 1. The number of amides is 1. The van der Waals surface area contributed by atoms with Gasteiger partial charge in [-0.15, -0.1) is 0 Å². The van der Waals surface area contributed by atoms with Crippen molar-refractivity contribution >= 4 is 12.1 Å². The fourth-order valence-electron chi connectivity index (χ4n) is 2.31. The van der Waals surface area contributed by atoms with E-state index < -0.39 is 23.1 Å². The highest BCUT2D eigenvalue weighted by Crippen LogP contribution is 2.34.